The molecule has 0 atom stereocenters. The summed E-state index contributed by atoms with van der Waals surface area (Å²) in [6.45, 7) is 5.08. The average Bonchev–Trinajstić information content (AvgIpc) is 3.05. The molecule has 0 fully saturated rings. The maximum atomic E-state index is 5.27. The van der Waals surface area contributed by atoms with Crippen LogP contribution in [0.2, 0.25) is 0 Å². The summed E-state index contributed by atoms with van der Waals surface area (Å²) >= 11 is 0. The van der Waals surface area contributed by atoms with Crippen LogP contribution in [0.5, 0.6) is 5.75 Å². The number of para-hydroxylation sites is 1. The van der Waals surface area contributed by atoms with Crippen molar-refractivity contribution in [1.29, 1.82) is 0 Å². The van der Waals surface area contributed by atoms with Gasteiger partial charge in [0.15, 0.2) is 0 Å². The van der Waals surface area contributed by atoms with Crippen molar-refractivity contribution in [2.75, 3.05) is 12.4 Å². The largest absolute Gasteiger partial charge is 0.497 e. The standard InChI is InChI=1S/C20H23N3O/c1-15(2)20-16(13-21-17-8-7-11-19(12-17)24-3)14-23(22-20)18-9-5-4-6-10-18/h4-12,14-15,21H,13H2,1-3H3. The lowest BCUT2D eigenvalue weighted by molar-refractivity contribution is 0.415. The molecule has 1 N–H and O–H groups in total. The summed E-state index contributed by atoms with van der Waals surface area (Å²) in [6, 6.07) is 18.2. The molecule has 0 spiro atoms. The normalized spacial score (nSPS) is 10.8. The molecule has 24 heavy (non-hydrogen) atoms. The molecule has 0 amide bonds. The maximum absolute atomic E-state index is 5.27. The zero-order chi connectivity index (χ0) is 16.9. The first-order valence-corrected chi connectivity index (χ1v) is 8.19. The molecule has 0 radical (unpaired) electrons. The van der Waals surface area contributed by atoms with Gasteiger partial charge in [-0.25, -0.2) is 4.68 Å². The Morgan fingerprint density at radius 1 is 1.08 bits per heavy atom. The van der Waals surface area contributed by atoms with Crippen molar-refractivity contribution in [1.82, 2.24) is 9.78 Å². The highest BCUT2D eigenvalue weighted by molar-refractivity contribution is 5.49. The van der Waals surface area contributed by atoms with Crippen molar-refractivity contribution in [3.05, 3.63) is 72.1 Å². The number of hydrogen-bond donors (Lipinski definition) is 1. The van der Waals surface area contributed by atoms with E-state index in [2.05, 4.69) is 37.5 Å². The molecule has 0 aliphatic heterocycles. The van der Waals surface area contributed by atoms with Gasteiger partial charge in [0.1, 0.15) is 5.75 Å². The molecule has 0 unspecified atom stereocenters. The van der Waals surface area contributed by atoms with Crippen LogP contribution in [0.15, 0.2) is 60.8 Å². The lowest BCUT2D eigenvalue weighted by Crippen LogP contribution is -2.02. The number of nitrogens with one attached hydrogen (secondary N) is 1. The van der Waals surface area contributed by atoms with Crippen LogP contribution in [0, 0.1) is 0 Å². The van der Waals surface area contributed by atoms with Gasteiger partial charge >= 0.3 is 0 Å². The average molecular weight is 321 g/mol. The summed E-state index contributed by atoms with van der Waals surface area (Å²) in [5.41, 5.74) is 4.44. The minimum absolute atomic E-state index is 0.372. The number of rotatable bonds is 6. The summed E-state index contributed by atoms with van der Waals surface area (Å²) in [5, 5.41) is 8.24. The number of nitrogens with zero attached hydrogens (tertiary/aromatic N) is 2. The van der Waals surface area contributed by atoms with Crippen molar-refractivity contribution in [2.45, 2.75) is 26.3 Å². The number of methoxy groups -OCH3 is 1. The number of hydrogen-bond acceptors (Lipinski definition) is 3. The van der Waals surface area contributed by atoms with Crippen molar-refractivity contribution in [2.24, 2.45) is 0 Å². The van der Waals surface area contributed by atoms with Crippen molar-refractivity contribution in [3.8, 4) is 11.4 Å². The minimum Gasteiger partial charge on any atom is -0.497 e. The van der Waals surface area contributed by atoms with Gasteiger partial charge in [0, 0.05) is 30.1 Å². The van der Waals surface area contributed by atoms with Gasteiger partial charge in [0.25, 0.3) is 0 Å². The van der Waals surface area contributed by atoms with E-state index in [1.807, 2.05) is 47.1 Å². The molecule has 0 saturated carbocycles. The van der Waals surface area contributed by atoms with E-state index in [9.17, 15) is 0 Å². The van der Waals surface area contributed by atoms with Crippen LogP contribution in [-0.4, -0.2) is 16.9 Å². The van der Waals surface area contributed by atoms with Crippen LogP contribution in [0.1, 0.15) is 31.0 Å². The van der Waals surface area contributed by atoms with Crippen LogP contribution in [0.4, 0.5) is 5.69 Å². The summed E-state index contributed by atoms with van der Waals surface area (Å²) in [7, 11) is 1.68. The molecular weight excluding hydrogens is 298 g/mol. The molecule has 3 aromatic rings. The Morgan fingerprint density at radius 3 is 2.58 bits per heavy atom. The molecule has 0 aliphatic rings. The Hall–Kier alpha value is -2.75. The van der Waals surface area contributed by atoms with Gasteiger partial charge in [-0.1, -0.05) is 38.1 Å². The third kappa shape index (κ3) is 3.59. The number of benzene rings is 2. The molecule has 2 aromatic carbocycles. The van der Waals surface area contributed by atoms with E-state index >= 15 is 0 Å². The Bertz CT molecular complexity index is 794. The third-order valence-electron chi connectivity index (χ3n) is 3.94. The van der Waals surface area contributed by atoms with Crippen LogP contribution in [-0.2, 0) is 6.54 Å². The first-order valence-electron chi connectivity index (χ1n) is 8.19. The zero-order valence-electron chi connectivity index (χ0n) is 14.4. The van der Waals surface area contributed by atoms with Crippen molar-refractivity contribution in [3.63, 3.8) is 0 Å². The molecule has 4 heteroatoms. The molecule has 124 valence electrons. The van der Waals surface area contributed by atoms with E-state index in [0.717, 1.165) is 29.4 Å². The quantitative estimate of drug-likeness (QED) is 0.720. The van der Waals surface area contributed by atoms with Gasteiger partial charge in [0.05, 0.1) is 18.5 Å². The predicted molar refractivity (Wildman–Crippen MR) is 98.0 cm³/mol. The second-order valence-corrected chi connectivity index (χ2v) is 6.06. The second-order valence-electron chi connectivity index (χ2n) is 6.06. The van der Waals surface area contributed by atoms with Gasteiger partial charge in [-0.3, -0.25) is 0 Å². The lowest BCUT2D eigenvalue weighted by atomic mass is 10.1. The highest BCUT2D eigenvalue weighted by Gasteiger charge is 2.13. The van der Waals surface area contributed by atoms with Gasteiger partial charge in [0.2, 0.25) is 0 Å². The minimum atomic E-state index is 0.372. The smallest absolute Gasteiger partial charge is 0.120 e. The Morgan fingerprint density at radius 2 is 1.88 bits per heavy atom. The third-order valence-corrected chi connectivity index (χ3v) is 3.94. The fourth-order valence-electron chi connectivity index (χ4n) is 2.69. The molecule has 0 aliphatic carbocycles. The fourth-order valence-corrected chi connectivity index (χ4v) is 2.69. The predicted octanol–water partition coefficient (Wildman–Crippen LogP) is 4.62. The molecule has 0 saturated heterocycles. The summed E-state index contributed by atoms with van der Waals surface area (Å²) in [6.07, 6.45) is 2.11. The number of aromatic nitrogens is 2. The summed E-state index contributed by atoms with van der Waals surface area (Å²) in [5.74, 6) is 1.22. The van der Waals surface area contributed by atoms with Gasteiger partial charge < -0.3 is 10.1 Å². The van der Waals surface area contributed by atoms with E-state index < -0.39 is 0 Å². The van der Waals surface area contributed by atoms with Crippen LogP contribution in [0.25, 0.3) is 5.69 Å². The van der Waals surface area contributed by atoms with Crippen LogP contribution < -0.4 is 10.1 Å². The monoisotopic (exact) mass is 321 g/mol. The molecule has 1 aromatic heterocycles. The van der Waals surface area contributed by atoms with Gasteiger partial charge in [-0.15, -0.1) is 0 Å². The Balaban J connectivity index is 1.82. The summed E-state index contributed by atoms with van der Waals surface area (Å²) < 4.78 is 7.23. The van der Waals surface area contributed by atoms with E-state index in [4.69, 9.17) is 9.84 Å². The molecule has 4 nitrogen and oxygen atoms in total. The van der Waals surface area contributed by atoms with Crippen LogP contribution in [0.3, 0.4) is 0 Å². The first kappa shape index (κ1) is 16.1. The first-order chi connectivity index (χ1) is 11.7. The molecule has 1 heterocycles. The van der Waals surface area contributed by atoms with E-state index in [-0.39, 0.29) is 0 Å². The maximum Gasteiger partial charge on any atom is 0.120 e. The van der Waals surface area contributed by atoms with E-state index in [0.29, 0.717) is 5.92 Å². The fraction of sp³-hybridized carbons (Fsp3) is 0.250. The van der Waals surface area contributed by atoms with Gasteiger partial charge in [-0.2, -0.15) is 5.10 Å². The molecule has 3 rings (SSSR count). The van der Waals surface area contributed by atoms with Crippen LogP contribution >= 0.6 is 0 Å². The summed E-state index contributed by atoms with van der Waals surface area (Å²) in [4.78, 5) is 0. The zero-order valence-corrected chi connectivity index (χ0v) is 14.4. The second kappa shape index (κ2) is 7.21. The highest BCUT2D eigenvalue weighted by Crippen LogP contribution is 2.22. The Labute approximate surface area is 143 Å². The number of ether oxygens (including phenoxy) is 1. The molecule has 0 bridgehead atoms. The van der Waals surface area contributed by atoms with Crippen molar-refractivity contribution < 1.29 is 4.74 Å². The SMILES string of the molecule is COc1cccc(NCc2cn(-c3ccccc3)nc2C(C)C)c1. The topological polar surface area (TPSA) is 39.1 Å². The highest BCUT2D eigenvalue weighted by atomic mass is 16.5. The van der Waals surface area contributed by atoms with E-state index in [1.165, 1.54) is 5.56 Å². The van der Waals surface area contributed by atoms with Gasteiger partial charge in [-0.05, 0) is 30.2 Å². The van der Waals surface area contributed by atoms with Crippen molar-refractivity contribution >= 4 is 5.69 Å². The lowest BCUT2D eigenvalue weighted by Gasteiger charge is -2.09. The van der Waals surface area contributed by atoms with E-state index in [1.54, 1.807) is 7.11 Å². The molecular formula is C20H23N3O. The Kier molecular flexibility index (Phi) is 4.85. The number of anilines is 1.